The number of hydrogen-bond acceptors (Lipinski definition) is 4. The van der Waals surface area contributed by atoms with Crippen LogP contribution in [-0.2, 0) is 10.0 Å². The highest BCUT2D eigenvalue weighted by Gasteiger charge is 2.24. The molecule has 0 bridgehead atoms. The molecule has 0 spiro atoms. The fraction of sp³-hybridized carbons (Fsp3) is 0.368. The van der Waals surface area contributed by atoms with E-state index in [2.05, 4.69) is 9.62 Å². The fourth-order valence-electron chi connectivity index (χ4n) is 3.16. The van der Waals surface area contributed by atoms with E-state index < -0.39 is 15.8 Å². The molecule has 2 aromatic rings. The van der Waals surface area contributed by atoms with Crippen molar-refractivity contribution in [2.75, 3.05) is 29.8 Å². The summed E-state index contributed by atoms with van der Waals surface area (Å²) in [5, 5.41) is 0. The minimum absolute atomic E-state index is 0.0414. The molecule has 140 valence electrons. The smallest absolute Gasteiger partial charge is 0.265 e. The number of benzene rings is 2. The highest BCUT2D eigenvalue weighted by Crippen LogP contribution is 2.34. The first kappa shape index (κ1) is 18.5. The van der Waals surface area contributed by atoms with Crippen molar-refractivity contribution in [3.63, 3.8) is 0 Å². The van der Waals surface area contributed by atoms with Crippen molar-refractivity contribution in [2.45, 2.75) is 31.6 Å². The minimum Gasteiger partial charge on any atom is -0.495 e. The number of sulfonamides is 1. The summed E-state index contributed by atoms with van der Waals surface area (Å²) in [7, 11) is -2.50. The van der Waals surface area contributed by atoms with Gasteiger partial charge in [0.05, 0.1) is 18.5 Å². The Hall–Kier alpha value is -2.28. The van der Waals surface area contributed by atoms with E-state index in [9.17, 15) is 12.8 Å². The zero-order valence-electron chi connectivity index (χ0n) is 15.2. The van der Waals surface area contributed by atoms with Gasteiger partial charge in [0, 0.05) is 19.2 Å². The van der Waals surface area contributed by atoms with Crippen molar-refractivity contribution in [2.24, 2.45) is 0 Å². The van der Waals surface area contributed by atoms with E-state index in [1.807, 2.05) is 13.8 Å². The molecule has 0 saturated carbocycles. The molecule has 0 aromatic heterocycles. The van der Waals surface area contributed by atoms with Gasteiger partial charge >= 0.3 is 0 Å². The third-order valence-electron chi connectivity index (χ3n) is 4.72. The van der Waals surface area contributed by atoms with Crippen LogP contribution < -0.4 is 14.4 Å². The number of nitrogens with one attached hydrogen (secondary N) is 1. The lowest BCUT2D eigenvalue weighted by atomic mass is 10.1. The fourth-order valence-corrected chi connectivity index (χ4v) is 4.46. The lowest BCUT2D eigenvalue weighted by molar-refractivity contribution is 0.402. The number of halogens is 1. The summed E-state index contributed by atoms with van der Waals surface area (Å²) in [5.41, 5.74) is 2.71. The van der Waals surface area contributed by atoms with E-state index in [0.717, 1.165) is 37.1 Å². The van der Waals surface area contributed by atoms with Gasteiger partial charge in [-0.25, -0.2) is 12.8 Å². The summed E-state index contributed by atoms with van der Waals surface area (Å²) >= 11 is 0. The Labute approximate surface area is 153 Å². The van der Waals surface area contributed by atoms with Crippen LogP contribution in [0.1, 0.15) is 24.0 Å². The molecule has 3 rings (SSSR count). The summed E-state index contributed by atoms with van der Waals surface area (Å²) in [6, 6.07) is 7.46. The van der Waals surface area contributed by atoms with Crippen LogP contribution in [0.4, 0.5) is 15.8 Å². The maximum absolute atomic E-state index is 13.8. The molecule has 0 unspecified atom stereocenters. The van der Waals surface area contributed by atoms with Crippen LogP contribution in [0.3, 0.4) is 0 Å². The number of rotatable bonds is 5. The Kier molecular flexibility index (Phi) is 5.09. The summed E-state index contributed by atoms with van der Waals surface area (Å²) in [5.74, 6) is -0.225. The number of hydrogen-bond donors (Lipinski definition) is 1. The minimum atomic E-state index is -3.93. The zero-order valence-corrected chi connectivity index (χ0v) is 16.0. The van der Waals surface area contributed by atoms with E-state index in [1.54, 1.807) is 18.2 Å². The van der Waals surface area contributed by atoms with Gasteiger partial charge in [-0.05, 0) is 62.1 Å². The monoisotopic (exact) mass is 378 g/mol. The van der Waals surface area contributed by atoms with Crippen LogP contribution in [0.25, 0.3) is 0 Å². The Morgan fingerprint density at radius 1 is 1.08 bits per heavy atom. The van der Waals surface area contributed by atoms with E-state index >= 15 is 0 Å². The molecule has 1 heterocycles. The van der Waals surface area contributed by atoms with Gasteiger partial charge in [-0.1, -0.05) is 0 Å². The number of anilines is 2. The Morgan fingerprint density at radius 3 is 2.38 bits per heavy atom. The van der Waals surface area contributed by atoms with Crippen molar-refractivity contribution in [1.29, 1.82) is 0 Å². The normalized spacial score (nSPS) is 14.5. The molecule has 1 saturated heterocycles. The van der Waals surface area contributed by atoms with Crippen LogP contribution in [0, 0.1) is 19.7 Å². The summed E-state index contributed by atoms with van der Waals surface area (Å²) in [4.78, 5) is 2.11. The SMILES string of the molecule is COc1cc(C)c(C)cc1S(=O)(=O)Nc1cc(F)ccc1N1CCCC1. The molecule has 5 nitrogen and oxygen atoms in total. The van der Waals surface area contributed by atoms with Gasteiger partial charge in [0.1, 0.15) is 16.5 Å². The first-order valence-electron chi connectivity index (χ1n) is 8.54. The highest BCUT2D eigenvalue weighted by molar-refractivity contribution is 7.92. The number of aryl methyl sites for hydroxylation is 2. The standard InChI is InChI=1S/C19H23FN2O3S/c1-13-10-18(25-3)19(11-14(13)2)26(23,24)21-16-12-15(20)6-7-17(16)22-8-4-5-9-22/h6-7,10-12,21H,4-5,8-9H2,1-3H3. The molecule has 1 fully saturated rings. The van der Waals surface area contributed by atoms with Gasteiger partial charge in [-0.3, -0.25) is 4.72 Å². The predicted octanol–water partition coefficient (Wildman–Crippen LogP) is 3.85. The van der Waals surface area contributed by atoms with Crippen LogP contribution in [-0.4, -0.2) is 28.6 Å². The van der Waals surface area contributed by atoms with E-state index in [1.165, 1.54) is 19.2 Å². The van der Waals surface area contributed by atoms with Crippen molar-refractivity contribution in [1.82, 2.24) is 0 Å². The maximum atomic E-state index is 13.8. The first-order chi connectivity index (χ1) is 12.3. The molecule has 0 radical (unpaired) electrons. The Morgan fingerprint density at radius 2 is 1.73 bits per heavy atom. The third kappa shape index (κ3) is 3.62. The van der Waals surface area contributed by atoms with Crippen molar-refractivity contribution >= 4 is 21.4 Å². The molecular weight excluding hydrogens is 355 g/mol. The number of nitrogens with zero attached hydrogens (tertiary/aromatic N) is 1. The first-order valence-corrected chi connectivity index (χ1v) is 10.0. The number of methoxy groups -OCH3 is 1. The molecule has 0 amide bonds. The average Bonchev–Trinajstić information content (AvgIpc) is 3.11. The van der Waals surface area contributed by atoms with Gasteiger partial charge < -0.3 is 9.64 Å². The lowest BCUT2D eigenvalue weighted by Crippen LogP contribution is -2.21. The molecule has 0 atom stereocenters. The number of ether oxygens (including phenoxy) is 1. The Balaban J connectivity index is 2.03. The van der Waals surface area contributed by atoms with Crippen molar-refractivity contribution in [3.8, 4) is 5.75 Å². The van der Waals surface area contributed by atoms with Crippen LogP contribution in [0.2, 0.25) is 0 Å². The maximum Gasteiger partial charge on any atom is 0.265 e. The van der Waals surface area contributed by atoms with Crippen molar-refractivity contribution in [3.05, 3.63) is 47.3 Å². The quantitative estimate of drug-likeness (QED) is 0.859. The molecule has 26 heavy (non-hydrogen) atoms. The van der Waals surface area contributed by atoms with Crippen LogP contribution in [0.5, 0.6) is 5.75 Å². The summed E-state index contributed by atoms with van der Waals surface area (Å²) in [6.07, 6.45) is 2.07. The third-order valence-corrected chi connectivity index (χ3v) is 6.11. The van der Waals surface area contributed by atoms with Gasteiger partial charge in [0.15, 0.2) is 0 Å². The van der Waals surface area contributed by atoms with E-state index in [-0.39, 0.29) is 16.3 Å². The highest BCUT2D eigenvalue weighted by atomic mass is 32.2. The molecule has 1 aliphatic rings. The van der Waals surface area contributed by atoms with Gasteiger partial charge in [-0.2, -0.15) is 0 Å². The summed E-state index contributed by atoms with van der Waals surface area (Å²) in [6.45, 7) is 5.38. The molecule has 7 heteroatoms. The second-order valence-electron chi connectivity index (χ2n) is 6.55. The predicted molar refractivity (Wildman–Crippen MR) is 101 cm³/mol. The second kappa shape index (κ2) is 7.15. The van der Waals surface area contributed by atoms with Crippen LogP contribution >= 0.6 is 0 Å². The largest absolute Gasteiger partial charge is 0.495 e. The molecule has 0 aliphatic carbocycles. The van der Waals surface area contributed by atoms with Gasteiger partial charge in [-0.15, -0.1) is 0 Å². The van der Waals surface area contributed by atoms with Crippen molar-refractivity contribution < 1.29 is 17.5 Å². The molecule has 2 aromatic carbocycles. The van der Waals surface area contributed by atoms with E-state index in [4.69, 9.17) is 4.74 Å². The zero-order chi connectivity index (χ0) is 18.9. The second-order valence-corrected chi connectivity index (χ2v) is 8.20. The Bertz CT molecular complexity index is 923. The molecular formula is C19H23FN2O3S. The topological polar surface area (TPSA) is 58.6 Å². The molecule has 1 N–H and O–H groups in total. The average molecular weight is 378 g/mol. The van der Waals surface area contributed by atoms with E-state index in [0.29, 0.717) is 5.69 Å². The summed E-state index contributed by atoms with van der Waals surface area (Å²) < 4.78 is 47.6. The van der Waals surface area contributed by atoms with Gasteiger partial charge in [0.2, 0.25) is 0 Å². The lowest BCUT2D eigenvalue weighted by Gasteiger charge is -2.22. The van der Waals surface area contributed by atoms with Gasteiger partial charge in [0.25, 0.3) is 10.0 Å². The van der Waals surface area contributed by atoms with Crippen LogP contribution in [0.15, 0.2) is 35.2 Å². The molecule has 1 aliphatic heterocycles.